The van der Waals surface area contributed by atoms with Crippen LogP contribution in [0.3, 0.4) is 0 Å². The summed E-state index contributed by atoms with van der Waals surface area (Å²) < 4.78 is 5.43. The van der Waals surface area contributed by atoms with Crippen LogP contribution in [-0.2, 0) is 9.53 Å². The summed E-state index contributed by atoms with van der Waals surface area (Å²) in [6, 6.07) is 0. The van der Waals surface area contributed by atoms with E-state index in [9.17, 15) is 4.79 Å². The zero-order valence-corrected chi connectivity index (χ0v) is 14.1. The van der Waals surface area contributed by atoms with E-state index in [1.165, 1.54) is 0 Å². The topological polar surface area (TPSA) is 29.5 Å². The highest BCUT2D eigenvalue weighted by atomic mass is 16.5. The molecule has 118 valence electrons. The Labute approximate surface area is 125 Å². The Hall–Kier alpha value is -0.410. The van der Waals surface area contributed by atoms with E-state index in [1.54, 1.807) is 0 Å². The molecule has 0 spiro atoms. The molecule has 0 heterocycles. The molecule has 1 aliphatic rings. The van der Waals surface area contributed by atoms with Crippen molar-refractivity contribution in [2.45, 2.75) is 53.9 Å². The molecule has 0 amide bonds. The van der Waals surface area contributed by atoms with E-state index < -0.39 is 0 Å². The quantitative estimate of drug-likeness (QED) is 0.671. The molecular weight excluding hydrogens is 250 g/mol. The third kappa shape index (κ3) is 5.53. The van der Waals surface area contributed by atoms with Crippen molar-refractivity contribution in [3.63, 3.8) is 0 Å². The second-order valence-electron chi connectivity index (χ2n) is 7.09. The molecule has 20 heavy (non-hydrogen) atoms. The lowest BCUT2D eigenvalue weighted by Crippen LogP contribution is -2.40. The number of carbonyl (C=O) groups excluding carboxylic acids is 1. The van der Waals surface area contributed by atoms with E-state index in [4.69, 9.17) is 4.74 Å². The average Bonchev–Trinajstić information content (AvgIpc) is 2.38. The van der Waals surface area contributed by atoms with Crippen LogP contribution < -0.4 is 0 Å². The van der Waals surface area contributed by atoms with Crippen LogP contribution in [-0.4, -0.2) is 43.5 Å². The first-order chi connectivity index (χ1) is 9.38. The molecule has 1 saturated carbocycles. The standard InChI is InChI=1S/C17H33NO2/c1-6-18(10-11-20-7-2)13-14-12-15(17(3,4)5)8-9-16(14)19/h14-15H,6-13H2,1-5H3. The summed E-state index contributed by atoms with van der Waals surface area (Å²) in [7, 11) is 0. The number of ketones is 1. The number of likely N-dealkylation sites (N-methyl/N-ethyl adjacent to an activating group) is 1. The number of ether oxygens (including phenoxy) is 1. The second kappa shape index (κ2) is 8.14. The first-order valence-electron chi connectivity index (χ1n) is 8.21. The highest BCUT2D eigenvalue weighted by molar-refractivity contribution is 5.82. The van der Waals surface area contributed by atoms with Gasteiger partial charge in [-0.2, -0.15) is 0 Å². The van der Waals surface area contributed by atoms with E-state index in [-0.39, 0.29) is 5.92 Å². The van der Waals surface area contributed by atoms with Gasteiger partial charge in [0.2, 0.25) is 0 Å². The third-order valence-corrected chi connectivity index (χ3v) is 4.67. The van der Waals surface area contributed by atoms with Gasteiger partial charge < -0.3 is 9.64 Å². The molecule has 2 unspecified atom stereocenters. The summed E-state index contributed by atoms with van der Waals surface area (Å²) in [6.45, 7) is 15.5. The number of nitrogens with zero attached hydrogens (tertiary/aromatic N) is 1. The van der Waals surface area contributed by atoms with Crippen molar-refractivity contribution in [1.82, 2.24) is 4.90 Å². The fourth-order valence-electron chi connectivity index (χ4n) is 3.10. The van der Waals surface area contributed by atoms with Crippen LogP contribution in [0.5, 0.6) is 0 Å². The molecular formula is C17H33NO2. The van der Waals surface area contributed by atoms with E-state index in [2.05, 4.69) is 32.6 Å². The van der Waals surface area contributed by atoms with E-state index in [1.807, 2.05) is 6.92 Å². The van der Waals surface area contributed by atoms with E-state index in [0.717, 1.165) is 52.1 Å². The number of hydrogen-bond acceptors (Lipinski definition) is 3. The fraction of sp³-hybridized carbons (Fsp3) is 0.941. The third-order valence-electron chi connectivity index (χ3n) is 4.67. The highest BCUT2D eigenvalue weighted by Crippen LogP contribution is 2.39. The van der Waals surface area contributed by atoms with Crippen LogP contribution in [0.1, 0.15) is 53.9 Å². The van der Waals surface area contributed by atoms with Crippen LogP contribution in [0.15, 0.2) is 0 Å². The van der Waals surface area contributed by atoms with Crippen LogP contribution in [0.25, 0.3) is 0 Å². The van der Waals surface area contributed by atoms with Crippen molar-refractivity contribution in [1.29, 1.82) is 0 Å². The molecule has 3 heteroatoms. The minimum Gasteiger partial charge on any atom is -0.380 e. The average molecular weight is 283 g/mol. The molecule has 2 atom stereocenters. The molecule has 0 bridgehead atoms. The Kier molecular flexibility index (Phi) is 7.18. The molecule has 0 N–H and O–H groups in total. The molecule has 0 radical (unpaired) electrons. The summed E-state index contributed by atoms with van der Waals surface area (Å²) in [6.07, 6.45) is 2.91. The second-order valence-corrected chi connectivity index (χ2v) is 7.09. The van der Waals surface area contributed by atoms with Gasteiger partial charge in [0.15, 0.2) is 0 Å². The van der Waals surface area contributed by atoms with Gasteiger partial charge in [0.1, 0.15) is 5.78 Å². The molecule has 0 saturated heterocycles. The maximum absolute atomic E-state index is 12.2. The molecule has 1 aliphatic carbocycles. The SMILES string of the molecule is CCOCCN(CC)CC1CC(C(C)(C)C)CCC1=O. The minimum absolute atomic E-state index is 0.231. The molecule has 0 aromatic heterocycles. The zero-order chi connectivity index (χ0) is 15.2. The van der Waals surface area contributed by atoms with Crippen molar-refractivity contribution >= 4 is 5.78 Å². The normalized spacial score (nSPS) is 24.4. The maximum Gasteiger partial charge on any atom is 0.137 e. The Bertz CT molecular complexity index is 296. The predicted molar refractivity (Wildman–Crippen MR) is 83.9 cm³/mol. The van der Waals surface area contributed by atoms with Gasteiger partial charge in [0.25, 0.3) is 0 Å². The summed E-state index contributed by atoms with van der Waals surface area (Å²) in [4.78, 5) is 14.6. The summed E-state index contributed by atoms with van der Waals surface area (Å²) >= 11 is 0. The number of Topliss-reactive ketones (excluding diaryl/α,β-unsaturated/α-hetero) is 1. The van der Waals surface area contributed by atoms with Gasteiger partial charge in [-0.1, -0.05) is 27.7 Å². The molecule has 0 aromatic rings. The van der Waals surface area contributed by atoms with Gasteiger partial charge in [0, 0.05) is 32.0 Å². The summed E-state index contributed by atoms with van der Waals surface area (Å²) in [5.74, 6) is 1.38. The zero-order valence-electron chi connectivity index (χ0n) is 14.1. The van der Waals surface area contributed by atoms with Gasteiger partial charge in [0.05, 0.1) is 6.61 Å². The number of hydrogen-bond donors (Lipinski definition) is 0. The Morgan fingerprint density at radius 2 is 2.00 bits per heavy atom. The predicted octanol–water partition coefficient (Wildman–Crippen LogP) is 3.38. The van der Waals surface area contributed by atoms with Crippen molar-refractivity contribution in [2.24, 2.45) is 17.3 Å². The van der Waals surface area contributed by atoms with Gasteiger partial charge in [-0.3, -0.25) is 4.79 Å². The van der Waals surface area contributed by atoms with Crippen LogP contribution >= 0.6 is 0 Å². The molecule has 3 nitrogen and oxygen atoms in total. The Balaban J connectivity index is 2.51. The van der Waals surface area contributed by atoms with Gasteiger partial charge in [-0.25, -0.2) is 0 Å². The van der Waals surface area contributed by atoms with Crippen molar-refractivity contribution in [3.8, 4) is 0 Å². The van der Waals surface area contributed by atoms with Crippen molar-refractivity contribution in [3.05, 3.63) is 0 Å². The lowest BCUT2D eigenvalue weighted by atomic mass is 9.68. The largest absolute Gasteiger partial charge is 0.380 e. The van der Waals surface area contributed by atoms with Crippen LogP contribution in [0, 0.1) is 17.3 Å². The smallest absolute Gasteiger partial charge is 0.137 e. The first kappa shape index (κ1) is 17.6. The lowest BCUT2D eigenvalue weighted by Gasteiger charge is -2.38. The molecule has 0 aromatic carbocycles. The Morgan fingerprint density at radius 1 is 1.30 bits per heavy atom. The fourth-order valence-corrected chi connectivity index (χ4v) is 3.10. The monoisotopic (exact) mass is 283 g/mol. The number of carbonyl (C=O) groups is 1. The molecule has 0 aliphatic heterocycles. The summed E-state index contributed by atoms with van der Waals surface area (Å²) in [5, 5.41) is 0. The van der Waals surface area contributed by atoms with Gasteiger partial charge in [-0.05, 0) is 37.6 Å². The summed E-state index contributed by atoms with van der Waals surface area (Å²) in [5.41, 5.74) is 0.321. The van der Waals surface area contributed by atoms with Gasteiger partial charge >= 0.3 is 0 Å². The van der Waals surface area contributed by atoms with E-state index in [0.29, 0.717) is 17.1 Å². The lowest BCUT2D eigenvalue weighted by molar-refractivity contribution is -0.127. The van der Waals surface area contributed by atoms with Crippen LogP contribution in [0.4, 0.5) is 0 Å². The van der Waals surface area contributed by atoms with Crippen molar-refractivity contribution < 1.29 is 9.53 Å². The van der Waals surface area contributed by atoms with Gasteiger partial charge in [-0.15, -0.1) is 0 Å². The highest BCUT2D eigenvalue weighted by Gasteiger charge is 2.35. The maximum atomic E-state index is 12.2. The van der Waals surface area contributed by atoms with Crippen LogP contribution in [0.2, 0.25) is 0 Å². The number of rotatable bonds is 7. The first-order valence-corrected chi connectivity index (χ1v) is 8.21. The van der Waals surface area contributed by atoms with E-state index >= 15 is 0 Å². The molecule has 1 fully saturated rings. The Morgan fingerprint density at radius 3 is 2.55 bits per heavy atom. The molecule has 1 rings (SSSR count). The minimum atomic E-state index is 0.231. The van der Waals surface area contributed by atoms with Crippen molar-refractivity contribution in [2.75, 3.05) is 32.8 Å².